The second-order valence-electron chi connectivity index (χ2n) is 7.78. The summed E-state index contributed by atoms with van der Waals surface area (Å²) in [4.78, 5) is 45.9. The first-order chi connectivity index (χ1) is 17.0. The molecule has 3 aromatic carbocycles. The molecule has 0 bridgehead atoms. The van der Waals surface area contributed by atoms with E-state index in [1.807, 2.05) is 54.6 Å². The Balaban J connectivity index is 1.43. The van der Waals surface area contributed by atoms with Crippen LogP contribution in [0.2, 0.25) is 0 Å². The van der Waals surface area contributed by atoms with Gasteiger partial charge in [0.25, 0.3) is 5.91 Å². The van der Waals surface area contributed by atoms with Crippen molar-refractivity contribution in [3.63, 3.8) is 0 Å². The van der Waals surface area contributed by atoms with Gasteiger partial charge in [0.15, 0.2) is 5.82 Å². The van der Waals surface area contributed by atoms with E-state index in [-0.39, 0.29) is 11.7 Å². The van der Waals surface area contributed by atoms with Crippen molar-refractivity contribution in [2.45, 2.75) is 6.17 Å². The van der Waals surface area contributed by atoms with Crippen molar-refractivity contribution in [2.75, 3.05) is 17.3 Å². The molecule has 1 aliphatic heterocycles. The van der Waals surface area contributed by atoms with E-state index in [1.165, 1.54) is 4.90 Å². The first-order valence-corrected chi connectivity index (χ1v) is 10.7. The van der Waals surface area contributed by atoms with Crippen LogP contribution in [0.15, 0.2) is 93.2 Å². The average molecular weight is 468 g/mol. The van der Waals surface area contributed by atoms with Crippen LogP contribution in [0.3, 0.4) is 0 Å². The molecule has 3 N–H and O–H groups in total. The summed E-state index contributed by atoms with van der Waals surface area (Å²) in [7, 11) is 1.65. The predicted molar refractivity (Wildman–Crippen MR) is 130 cm³/mol. The fraction of sp³-hybridized carbons (Fsp3) is 0.0800. The van der Waals surface area contributed by atoms with Crippen molar-refractivity contribution in [2.24, 2.45) is 4.99 Å². The first kappa shape index (κ1) is 21.8. The van der Waals surface area contributed by atoms with Crippen molar-refractivity contribution in [3.05, 3.63) is 101 Å². The molecule has 1 atom stereocenters. The molecule has 174 valence electrons. The number of rotatable bonds is 4. The van der Waals surface area contributed by atoms with Gasteiger partial charge in [-0.05, 0) is 18.2 Å². The molecular weight excluding hydrogens is 448 g/mol. The molecule has 2 heterocycles. The Bertz CT molecular complexity index is 1490. The van der Waals surface area contributed by atoms with Gasteiger partial charge in [-0.25, -0.2) is 14.6 Å². The van der Waals surface area contributed by atoms with Crippen LogP contribution < -0.4 is 21.3 Å². The van der Waals surface area contributed by atoms with E-state index >= 15 is 0 Å². The van der Waals surface area contributed by atoms with Gasteiger partial charge in [0.2, 0.25) is 6.17 Å². The number of urea groups is 1. The van der Waals surface area contributed by atoms with Gasteiger partial charge in [0, 0.05) is 29.4 Å². The molecule has 0 aliphatic carbocycles. The van der Waals surface area contributed by atoms with Crippen molar-refractivity contribution < 1.29 is 14.1 Å². The van der Waals surface area contributed by atoms with Crippen LogP contribution in [-0.4, -0.2) is 41.0 Å². The number of fused-ring (bicyclic) bond motifs is 1. The second kappa shape index (κ2) is 9.10. The number of likely N-dealkylation sites (N-methyl/N-ethyl adjacent to an activating group) is 1. The summed E-state index contributed by atoms with van der Waals surface area (Å²) in [6, 6.07) is 23.0. The van der Waals surface area contributed by atoms with Gasteiger partial charge in [-0.2, -0.15) is 0 Å². The van der Waals surface area contributed by atoms with Crippen LogP contribution >= 0.6 is 0 Å². The van der Waals surface area contributed by atoms with Crippen LogP contribution in [0.5, 0.6) is 0 Å². The van der Waals surface area contributed by atoms with Crippen LogP contribution in [0.1, 0.15) is 11.1 Å². The van der Waals surface area contributed by atoms with Gasteiger partial charge < -0.3 is 15.5 Å². The maximum absolute atomic E-state index is 13.2. The number of carbonyl (C=O) groups excluding carboxylic acids is 2. The molecule has 0 saturated carbocycles. The third-order valence-electron chi connectivity index (χ3n) is 5.49. The molecule has 4 aromatic rings. The molecular formula is C25H20N6O4. The van der Waals surface area contributed by atoms with E-state index in [0.29, 0.717) is 22.6 Å². The van der Waals surface area contributed by atoms with Gasteiger partial charge in [0.05, 0.1) is 11.4 Å². The Morgan fingerprint density at radius 1 is 0.971 bits per heavy atom. The molecule has 0 saturated heterocycles. The van der Waals surface area contributed by atoms with Crippen LogP contribution in [0.4, 0.5) is 16.2 Å². The number of benzodiazepines with no additional fused rings is 1. The third-order valence-corrected chi connectivity index (χ3v) is 5.49. The summed E-state index contributed by atoms with van der Waals surface area (Å²) < 4.78 is 4.53. The predicted octanol–water partition coefficient (Wildman–Crippen LogP) is 2.99. The maximum atomic E-state index is 13.2. The second-order valence-corrected chi connectivity index (χ2v) is 7.78. The van der Waals surface area contributed by atoms with E-state index in [2.05, 4.69) is 30.3 Å². The number of H-pyrrole nitrogens is 1. The molecule has 10 nitrogen and oxygen atoms in total. The van der Waals surface area contributed by atoms with Gasteiger partial charge in [-0.15, -0.1) is 0 Å². The summed E-state index contributed by atoms with van der Waals surface area (Å²) in [5.41, 5.74) is 3.87. The van der Waals surface area contributed by atoms with E-state index in [1.54, 1.807) is 31.3 Å². The lowest BCUT2D eigenvalue weighted by molar-refractivity contribution is -0.119. The molecule has 35 heavy (non-hydrogen) atoms. The Kier molecular flexibility index (Phi) is 5.68. The number of hydrogen-bond acceptors (Lipinski definition) is 6. The fourth-order valence-corrected chi connectivity index (χ4v) is 3.83. The van der Waals surface area contributed by atoms with Crippen LogP contribution in [0, 0.1) is 0 Å². The maximum Gasteiger partial charge on any atom is 0.439 e. The van der Waals surface area contributed by atoms with Crippen LogP contribution in [-0.2, 0) is 4.79 Å². The summed E-state index contributed by atoms with van der Waals surface area (Å²) in [5.74, 6) is -0.831. The molecule has 3 amide bonds. The van der Waals surface area contributed by atoms with Crippen molar-refractivity contribution in [1.82, 2.24) is 15.5 Å². The average Bonchev–Trinajstić information content (AvgIpc) is 3.29. The summed E-state index contributed by atoms with van der Waals surface area (Å²) in [6.07, 6.45) is -1.15. The highest BCUT2D eigenvalue weighted by atomic mass is 16.5. The SMILES string of the molecule is CN1C(=O)[C@H](NC(=O)Nc2cccc(-c3noc(=O)[nH]3)c2)N=C(c2ccccc2)c2ccccc21. The summed E-state index contributed by atoms with van der Waals surface area (Å²) in [5, 5.41) is 9.01. The number of amides is 3. The largest absolute Gasteiger partial charge is 0.439 e. The number of carbonyl (C=O) groups is 2. The lowest BCUT2D eigenvalue weighted by atomic mass is 10.0. The zero-order valence-corrected chi connectivity index (χ0v) is 18.6. The number of aromatic nitrogens is 2. The molecule has 1 aromatic heterocycles. The Morgan fingerprint density at radius 3 is 2.49 bits per heavy atom. The number of nitrogens with one attached hydrogen (secondary N) is 3. The summed E-state index contributed by atoms with van der Waals surface area (Å²) >= 11 is 0. The lowest BCUT2D eigenvalue weighted by Crippen LogP contribution is -2.47. The van der Waals surface area contributed by atoms with E-state index in [9.17, 15) is 14.4 Å². The van der Waals surface area contributed by atoms with Gasteiger partial charge in [-0.1, -0.05) is 65.8 Å². The topological polar surface area (TPSA) is 133 Å². The number of anilines is 2. The zero-order chi connectivity index (χ0) is 24.4. The number of aromatic amines is 1. The highest BCUT2D eigenvalue weighted by Gasteiger charge is 2.31. The normalized spacial score (nSPS) is 15.1. The molecule has 0 spiro atoms. The monoisotopic (exact) mass is 468 g/mol. The number of hydrogen-bond donors (Lipinski definition) is 3. The Hall–Kier alpha value is -4.99. The van der Waals surface area contributed by atoms with Crippen molar-refractivity contribution >= 4 is 29.0 Å². The highest BCUT2D eigenvalue weighted by Crippen LogP contribution is 2.27. The Morgan fingerprint density at radius 2 is 1.71 bits per heavy atom. The number of benzene rings is 3. The first-order valence-electron chi connectivity index (χ1n) is 10.7. The quantitative estimate of drug-likeness (QED) is 0.424. The van der Waals surface area contributed by atoms with Gasteiger partial charge in [0.1, 0.15) is 0 Å². The molecule has 5 rings (SSSR count). The molecule has 0 fully saturated rings. The van der Waals surface area contributed by atoms with E-state index < -0.39 is 18.0 Å². The minimum Gasteiger partial charge on any atom is -0.311 e. The minimum atomic E-state index is -1.15. The fourth-order valence-electron chi connectivity index (χ4n) is 3.83. The van der Waals surface area contributed by atoms with Gasteiger partial charge in [-0.3, -0.25) is 14.3 Å². The Labute approximate surface area is 199 Å². The van der Waals surface area contributed by atoms with Gasteiger partial charge >= 0.3 is 11.8 Å². The molecule has 0 unspecified atom stereocenters. The minimum absolute atomic E-state index is 0.231. The number of para-hydroxylation sites is 1. The third kappa shape index (κ3) is 4.44. The zero-order valence-electron chi connectivity index (χ0n) is 18.6. The standard InChI is InChI=1S/C25H20N6O4/c1-31-19-13-6-5-12-18(19)20(15-8-3-2-4-9-15)27-22(23(31)32)28-24(33)26-17-11-7-10-16(14-17)21-29-25(34)35-30-21/h2-14,22H,1H3,(H2,26,28,33)(H,29,30,34)/t22-/m0/s1. The lowest BCUT2D eigenvalue weighted by Gasteiger charge is -2.21. The van der Waals surface area contributed by atoms with E-state index in [4.69, 9.17) is 0 Å². The van der Waals surface area contributed by atoms with Crippen LogP contribution in [0.25, 0.3) is 11.4 Å². The molecule has 10 heteroatoms. The number of aliphatic imine (C=N–C) groups is 1. The van der Waals surface area contributed by atoms with E-state index in [0.717, 1.165) is 11.1 Å². The molecule has 0 radical (unpaired) electrons. The molecule has 1 aliphatic rings. The highest BCUT2D eigenvalue weighted by molar-refractivity contribution is 6.20. The van der Waals surface area contributed by atoms with Crippen molar-refractivity contribution in [1.29, 1.82) is 0 Å². The summed E-state index contributed by atoms with van der Waals surface area (Å²) in [6.45, 7) is 0. The smallest absolute Gasteiger partial charge is 0.311 e. The number of nitrogens with zero attached hydrogens (tertiary/aromatic N) is 3. The van der Waals surface area contributed by atoms with Crippen molar-refractivity contribution in [3.8, 4) is 11.4 Å².